The second kappa shape index (κ2) is 3.55. The Bertz CT molecular complexity index is 600. The fourth-order valence-electron chi connectivity index (χ4n) is 0.680. The van der Waals surface area contributed by atoms with Crippen LogP contribution < -0.4 is 0 Å². The maximum atomic E-state index is 7.68. The fourth-order valence-corrected chi connectivity index (χ4v) is 1.10. The molecule has 0 spiro atoms. The van der Waals surface area contributed by atoms with Gasteiger partial charge in [-0.25, -0.2) is 14.6 Å². The lowest BCUT2D eigenvalue weighted by atomic mass is 10.6. The standard InChI is InChI=1S/C7H4Br2N4/c8-5-1-12-13(4-5)7-3-10-6(9)2-11-7/h1-4H/i1D,2D,3D,4D. The first-order chi connectivity index (χ1) is 7.91. The molecule has 2 rings (SSSR count). The summed E-state index contributed by atoms with van der Waals surface area (Å²) in [4.78, 5) is 7.55. The number of hydrogen-bond donors (Lipinski definition) is 0. The second-order valence-corrected chi connectivity index (χ2v) is 3.56. The Hall–Kier alpha value is -0.750. The van der Waals surface area contributed by atoms with Crippen molar-refractivity contribution in [2.75, 3.05) is 0 Å². The number of hydrogen-bond acceptors (Lipinski definition) is 3. The van der Waals surface area contributed by atoms with E-state index < -0.39 is 0 Å². The Morgan fingerprint density at radius 2 is 2.08 bits per heavy atom. The van der Waals surface area contributed by atoms with Gasteiger partial charge in [-0.05, 0) is 31.9 Å². The van der Waals surface area contributed by atoms with Crippen LogP contribution in [0.1, 0.15) is 5.48 Å². The van der Waals surface area contributed by atoms with Gasteiger partial charge in [0.1, 0.15) is 4.60 Å². The van der Waals surface area contributed by atoms with Crippen molar-refractivity contribution in [2.45, 2.75) is 0 Å². The molecule has 0 atom stereocenters. The van der Waals surface area contributed by atoms with E-state index >= 15 is 0 Å². The number of nitrogens with zero attached hydrogens (tertiary/aromatic N) is 4. The van der Waals surface area contributed by atoms with Crippen molar-refractivity contribution in [3.63, 3.8) is 0 Å². The van der Waals surface area contributed by atoms with E-state index in [1.807, 2.05) is 0 Å². The molecular weight excluding hydrogens is 300 g/mol. The molecule has 2 aromatic rings. The lowest BCUT2D eigenvalue weighted by Crippen LogP contribution is -1.97. The molecule has 13 heavy (non-hydrogen) atoms. The molecule has 2 aromatic heterocycles. The molecule has 0 radical (unpaired) electrons. The smallest absolute Gasteiger partial charge is 0.171 e. The SMILES string of the molecule is [2H]c1nc(-n2nc([2H])c(Br)c2[2H])c([2H])nc1Br. The van der Waals surface area contributed by atoms with Crippen LogP contribution in [-0.4, -0.2) is 19.7 Å². The van der Waals surface area contributed by atoms with Crippen molar-refractivity contribution in [1.82, 2.24) is 19.7 Å². The van der Waals surface area contributed by atoms with Crippen molar-refractivity contribution in [2.24, 2.45) is 0 Å². The molecular formula is C7H4Br2N4. The summed E-state index contributed by atoms with van der Waals surface area (Å²) in [6.07, 6.45) is -0.630. The van der Waals surface area contributed by atoms with Crippen LogP contribution in [-0.2, 0) is 0 Å². The highest BCUT2D eigenvalue weighted by molar-refractivity contribution is 9.10. The molecule has 0 N–H and O–H groups in total. The van der Waals surface area contributed by atoms with E-state index in [0.29, 0.717) is 0 Å². The first-order valence-corrected chi connectivity index (χ1v) is 4.73. The summed E-state index contributed by atoms with van der Waals surface area (Å²) in [6.45, 7) is 0. The zero-order chi connectivity index (χ0) is 12.7. The molecule has 0 saturated carbocycles. The van der Waals surface area contributed by atoms with Gasteiger partial charge in [-0.1, -0.05) is 0 Å². The third-order valence-corrected chi connectivity index (χ3v) is 1.87. The van der Waals surface area contributed by atoms with Gasteiger partial charge in [-0.2, -0.15) is 5.10 Å². The van der Waals surface area contributed by atoms with E-state index in [1.165, 1.54) is 0 Å². The lowest BCUT2D eigenvalue weighted by Gasteiger charge is -1.97. The molecule has 4 nitrogen and oxygen atoms in total. The minimum Gasteiger partial charge on any atom is -0.244 e. The van der Waals surface area contributed by atoms with Crippen molar-refractivity contribution >= 4 is 31.9 Å². The Morgan fingerprint density at radius 1 is 1.23 bits per heavy atom. The van der Waals surface area contributed by atoms with Crippen molar-refractivity contribution < 1.29 is 5.48 Å². The van der Waals surface area contributed by atoms with E-state index in [1.54, 1.807) is 0 Å². The molecule has 0 fully saturated rings. The Morgan fingerprint density at radius 3 is 2.77 bits per heavy atom. The minimum absolute atomic E-state index is 0.0533. The quantitative estimate of drug-likeness (QED) is 0.811. The van der Waals surface area contributed by atoms with Crippen LogP contribution in [0.5, 0.6) is 0 Å². The average molecular weight is 308 g/mol. The van der Waals surface area contributed by atoms with Crippen molar-refractivity contribution in [1.29, 1.82) is 0 Å². The Kier molecular flexibility index (Phi) is 1.42. The normalized spacial score (nSPS) is 14.6. The predicted molar refractivity (Wildman–Crippen MR) is 54.6 cm³/mol. The average Bonchev–Trinajstić information content (AvgIpc) is 2.51. The molecule has 0 aliphatic heterocycles. The van der Waals surface area contributed by atoms with Crippen LogP contribution >= 0.6 is 31.9 Å². The molecule has 0 amide bonds. The summed E-state index contributed by atoms with van der Waals surface area (Å²) in [5.74, 6) is -0.0533. The van der Waals surface area contributed by atoms with Gasteiger partial charge in [0.15, 0.2) is 5.82 Å². The molecule has 0 aliphatic rings. The zero-order valence-corrected chi connectivity index (χ0v) is 9.22. The molecule has 2 heterocycles. The van der Waals surface area contributed by atoms with Crippen LogP contribution in [0, 0.1) is 0 Å². The summed E-state index contributed by atoms with van der Waals surface area (Å²) < 4.78 is 31.5. The highest BCUT2D eigenvalue weighted by Gasteiger charge is 1.99. The van der Waals surface area contributed by atoms with Crippen LogP contribution in [0.25, 0.3) is 5.82 Å². The second-order valence-electron chi connectivity index (χ2n) is 2.01. The molecule has 6 heteroatoms. The number of halogens is 2. The van der Waals surface area contributed by atoms with Crippen LogP contribution in [0.2, 0.25) is 0 Å². The lowest BCUT2D eigenvalue weighted by molar-refractivity contribution is 0.835. The van der Waals surface area contributed by atoms with E-state index in [-0.39, 0.29) is 39.6 Å². The van der Waals surface area contributed by atoms with Crippen LogP contribution in [0.4, 0.5) is 0 Å². The number of aromatic nitrogens is 4. The maximum absolute atomic E-state index is 7.68. The van der Waals surface area contributed by atoms with Gasteiger partial charge >= 0.3 is 0 Å². The first kappa shape index (κ1) is 5.21. The predicted octanol–water partition coefficient (Wildman–Crippen LogP) is 2.19. The van der Waals surface area contributed by atoms with E-state index in [4.69, 9.17) is 5.48 Å². The Labute approximate surface area is 96.9 Å². The molecule has 0 aromatic carbocycles. The van der Waals surface area contributed by atoms with E-state index in [2.05, 4.69) is 46.9 Å². The fraction of sp³-hybridized carbons (Fsp3) is 0. The summed E-state index contributed by atoms with van der Waals surface area (Å²) in [7, 11) is 0. The van der Waals surface area contributed by atoms with Gasteiger partial charge < -0.3 is 0 Å². The molecule has 0 aliphatic carbocycles. The number of rotatable bonds is 1. The highest BCUT2D eigenvalue weighted by atomic mass is 79.9. The van der Waals surface area contributed by atoms with Gasteiger partial charge in [0.25, 0.3) is 0 Å². The van der Waals surface area contributed by atoms with Crippen LogP contribution in [0.15, 0.2) is 33.8 Å². The van der Waals surface area contributed by atoms with Crippen molar-refractivity contribution in [3.05, 3.63) is 33.8 Å². The van der Waals surface area contributed by atoms with Crippen molar-refractivity contribution in [3.8, 4) is 5.82 Å². The molecule has 0 saturated heterocycles. The molecule has 0 bridgehead atoms. The van der Waals surface area contributed by atoms with Gasteiger partial charge in [0, 0.05) is 6.17 Å². The van der Waals surface area contributed by atoms with E-state index in [0.717, 1.165) is 4.68 Å². The van der Waals surface area contributed by atoms with Gasteiger partial charge in [-0.3, -0.25) is 0 Å². The Balaban J connectivity index is 2.68. The first-order valence-electron chi connectivity index (χ1n) is 5.14. The molecule has 66 valence electrons. The van der Waals surface area contributed by atoms with Gasteiger partial charge in [0.05, 0.1) is 28.5 Å². The van der Waals surface area contributed by atoms with E-state index in [9.17, 15) is 0 Å². The summed E-state index contributed by atoms with van der Waals surface area (Å²) in [5.41, 5.74) is 0. The zero-order valence-electron chi connectivity index (χ0n) is 10.0. The third kappa shape index (κ3) is 1.94. The molecule has 0 unspecified atom stereocenters. The van der Waals surface area contributed by atoms with Gasteiger partial charge in [-0.15, -0.1) is 0 Å². The summed E-state index contributed by atoms with van der Waals surface area (Å²) >= 11 is 6.02. The van der Waals surface area contributed by atoms with Crippen LogP contribution in [0.3, 0.4) is 0 Å². The largest absolute Gasteiger partial charge is 0.244 e. The summed E-state index contributed by atoms with van der Waals surface area (Å²) in [6, 6.07) is 0. The van der Waals surface area contributed by atoms with Gasteiger partial charge in [0.2, 0.25) is 0 Å². The highest BCUT2D eigenvalue weighted by Crippen LogP contribution is 2.10. The minimum atomic E-state index is -0.226. The summed E-state index contributed by atoms with van der Waals surface area (Å²) in [5, 5.41) is 3.74. The topological polar surface area (TPSA) is 43.6 Å². The third-order valence-electron chi connectivity index (χ3n) is 1.16. The maximum Gasteiger partial charge on any atom is 0.171 e. The monoisotopic (exact) mass is 306 g/mol.